The molecule has 1 saturated carbocycles. The highest BCUT2D eigenvalue weighted by atomic mass is 31.2. The highest BCUT2D eigenvalue weighted by Crippen LogP contribution is 2.38. The SMILES string of the molecule is CC/C=C\C/C=C\C/C=C\C/C=C\C/C=C\CCCC(=O)O[C@H](COC(=O)CCC/C=C\C[C@H]1C(=O)C[C@@H](O)[C@@H]1/C=C/[C@@H](O)CCCCC)COP(=O)([O-])OCC[N+](C)(C)C. The summed E-state index contributed by atoms with van der Waals surface area (Å²) in [4.78, 5) is 50.3. The van der Waals surface area contributed by atoms with E-state index in [2.05, 4.69) is 62.5 Å². The molecule has 0 spiro atoms. The van der Waals surface area contributed by atoms with Gasteiger partial charge in [0.15, 0.2) is 6.10 Å². The lowest BCUT2D eigenvalue weighted by molar-refractivity contribution is -0.870. The molecule has 0 heterocycles. The fraction of sp³-hybridized carbons (Fsp3) is 0.646. The summed E-state index contributed by atoms with van der Waals surface area (Å²) < 4.78 is 33.7. The maximum absolute atomic E-state index is 12.7. The van der Waals surface area contributed by atoms with E-state index in [-0.39, 0.29) is 50.1 Å². The van der Waals surface area contributed by atoms with Crippen molar-refractivity contribution in [3.8, 4) is 0 Å². The Bertz CT molecular complexity index is 1480. The fourth-order valence-corrected chi connectivity index (χ4v) is 6.93. The second-order valence-electron chi connectivity index (χ2n) is 16.5. The molecule has 0 aliphatic heterocycles. The van der Waals surface area contributed by atoms with Gasteiger partial charge in [-0.1, -0.05) is 118 Å². The van der Waals surface area contributed by atoms with E-state index in [4.69, 9.17) is 18.5 Å². The number of phosphoric ester groups is 1. The topological polar surface area (TPSA) is 169 Å². The third kappa shape index (κ3) is 31.3. The number of hydrogen-bond acceptors (Lipinski definition) is 11. The number of Topliss-reactive ketones (excluding diaryl/α,β-unsaturated/α-hetero) is 1. The molecule has 0 radical (unpaired) electrons. The summed E-state index contributed by atoms with van der Waals surface area (Å²) in [6.45, 7) is 3.60. The molecule has 1 fully saturated rings. The normalized spacial score (nSPS) is 19.8. The lowest BCUT2D eigenvalue weighted by atomic mass is 9.90. The number of carbonyl (C=O) groups is 3. The fourth-order valence-electron chi connectivity index (χ4n) is 6.20. The van der Waals surface area contributed by atoms with Crippen molar-refractivity contribution in [1.82, 2.24) is 0 Å². The Morgan fingerprint density at radius 3 is 1.97 bits per heavy atom. The standard InChI is InChI=1S/C48H78NO11P/c1-6-8-10-11-12-13-14-15-16-17-18-19-20-21-22-23-29-33-48(54)60-42(40-59-61(55,56)58-37-36-49(3,4)5)39-57-47(53)32-28-25-24-27-31-43-44(46(52)38-45(43)51)35-34-41(50)30-26-9-7-2/h8,10,12-13,15-16,18-19,21-22,24,27,34-35,41-44,46,50,52H,6-7,9,11,14,17,20,23,25-26,28-33,36-40H2,1-5H3/b10-8-,13-12-,16-15-,19-18-,22-21-,27-24-,35-34+/t41-,42+,43+,44+,46+/m0/s1. The second-order valence-corrected chi connectivity index (χ2v) is 17.9. The number of unbranched alkanes of at least 4 members (excludes halogenated alkanes) is 4. The quantitative estimate of drug-likeness (QED) is 0.0205. The van der Waals surface area contributed by atoms with Crippen molar-refractivity contribution in [2.24, 2.45) is 11.8 Å². The summed E-state index contributed by atoms with van der Waals surface area (Å²) in [5, 5.41) is 20.7. The number of allylic oxidation sites excluding steroid dienone is 12. The van der Waals surface area contributed by atoms with Crippen LogP contribution in [0, 0.1) is 11.8 Å². The zero-order chi connectivity index (χ0) is 45.2. The molecule has 61 heavy (non-hydrogen) atoms. The minimum atomic E-state index is -4.71. The molecule has 0 aromatic heterocycles. The average molecular weight is 876 g/mol. The van der Waals surface area contributed by atoms with E-state index in [1.54, 1.807) is 12.2 Å². The number of phosphoric acid groups is 1. The number of carbonyl (C=O) groups excluding carboxylic acids is 3. The van der Waals surface area contributed by atoms with Gasteiger partial charge in [0.25, 0.3) is 7.82 Å². The summed E-state index contributed by atoms with van der Waals surface area (Å²) in [5.41, 5.74) is 0. The summed E-state index contributed by atoms with van der Waals surface area (Å²) in [5.74, 6) is -1.85. The Morgan fingerprint density at radius 2 is 1.38 bits per heavy atom. The Morgan fingerprint density at radius 1 is 0.803 bits per heavy atom. The molecule has 6 atom stereocenters. The van der Waals surface area contributed by atoms with Crippen molar-refractivity contribution in [2.45, 2.75) is 141 Å². The molecule has 1 aliphatic carbocycles. The van der Waals surface area contributed by atoms with Gasteiger partial charge in [-0.3, -0.25) is 18.9 Å². The molecule has 0 aromatic rings. The summed E-state index contributed by atoms with van der Waals surface area (Å²) in [7, 11) is 0.966. The van der Waals surface area contributed by atoms with Crippen LogP contribution in [0.4, 0.5) is 0 Å². The maximum atomic E-state index is 12.7. The van der Waals surface area contributed by atoms with Crippen LogP contribution in [0.2, 0.25) is 0 Å². The van der Waals surface area contributed by atoms with E-state index < -0.39 is 44.7 Å². The van der Waals surface area contributed by atoms with Crippen LogP contribution in [0.15, 0.2) is 85.1 Å². The van der Waals surface area contributed by atoms with E-state index in [1.165, 1.54) is 0 Å². The maximum Gasteiger partial charge on any atom is 0.306 e. The largest absolute Gasteiger partial charge is 0.756 e. The first-order valence-corrected chi connectivity index (χ1v) is 23.9. The van der Waals surface area contributed by atoms with Gasteiger partial charge in [-0.15, -0.1) is 0 Å². The van der Waals surface area contributed by atoms with E-state index in [1.807, 2.05) is 45.4 Å². The molecule has 0 amide bonds. The van der Waals surface area contributed by atoms with E-state index in [0.29, 0.717) is 49.6 Å². The van der Waals surface area contributed by atoms with Crippen molar-refractivity contribution in [3.63, 3.8) is 0 Å². The molecule has 1 unspecified atom stereocenters. The number of rotatable bonds is 35. The Kier molecular flexibility index (Phi) is 31.4. The summed E-state index contributed by atoms with van der Waals surface area (Å²) >= 11 is 0. The third-order valence-electron chi connectivity index (χ3n) is 9.77. The van der Waals surface area contributed by atoms with Crippen LogP contribution in [0.3, 0.4) is 0 Å². The summed E-state index contributed by atoms with van der Waals surface area (Å²) in [6, 6.07) is 0. The number of hydrogen-bond donors (Lipinski definition) is 2. The predicted octanol–water partition coefficient (Wildman–Crippen LogP) is 8.75. The van der Waals surface area contributed by atoms with Gasteiger partial charge in [-0.05, 0) is 70.6 Å². The minimum absolute atomic E-state index is 0.00976. The monoisotopic (exact) mass is 876 g/mol. The number of ketones is 1. The van der Waals surface area contributed by atoms with Gasteiger partial charge in [-0.2, -0.15) is 0 Å². The minimum Gasteiger partial charge on any atom is -0.756 e. The molecule has 12 nitrogen and oxygen atoms in total. The predicted molar refractivity (Wildman–Crippen MR) is 241 cm³/mol. The number of aliphatic hydroxyl groups excluding tert-OH is 2. The first kappa shape index (κ1) is 55.8. The van der Waals surface area contributed by atoms with Gasteiger partial charge < -0.3 is 38.1 Å². The number of aliphatic hydroxyl groups is 2. The molecular formula is C48H78NO11P. The number of ether oxygens (including phenoxy) is 2. The molecular weight excluding hydrogens is 797 g/mol. The summed E-state index contributed by atoms with van der Waals surface area (Å²) in [6.07, 6.45) is 37.0. The van der Waals surface area contributed by atoms with Gasteiger partial charge in [0.2, 0.25) is 0 Å². The van der Waals surface area contributed by atoms with Crippen LogP contribution in [-0.2, 0) is 37.5 Å². The molecule has 2 N–H and O–H groups in total. The van der Waals surface area contributed by atoms with Crippen molar-refractivity contribution in [2.75, 3.05) is 47.5 Å². The molecule has 0 bridgehead atoms. The zero-order valence-electron chi connectivity index (χ0n) is 37.8. The van der Waals surface area contributed by atoms with Gasteiger partial charge >= 0.3 is 11.9 Å². The average Bonchev–Trinajstić information content (AvgIpc) is 3.47. The number of quaternary nitrogens is 1. The van der Waals surface area contributed by atoms with Gasteiger partial charge in [0.05, 0.1) is 40.0 Å². The van der Waals surface area contributed by atoms with Crippen molar-refractivity contribution in [3.05, 3.63) is 85.1 Å². The van der Waals surface area contributed by atoms with E-state index in [9.17, 15) is 34.1 Å². The highest BCUT2D eigenvalue weighted by molar-refractivity contribution is 7.45. The lowest BCUT2D eigenvalue weighted by Crippen LogP contribution is -2.37. The van der Waals surface area contributed by atoms with Crippen LogP contribution in [0.1, 0.15) is 123 Å². The van der Waals surface area contributed by atoms with Crippen LogP contribution in [0.5, 0.6) is 0 Å². The molecule has 13 heteroatoms. The Labute approximate surface area is 367 Å². The van der Waals surface area contributed by atoms with E-state index in [0.717, 1.165) is 51.4 Å². The molecule has 346 valence electrons. The zero-order valence-corrected chi connectivity index (χ0v) is 38.7. The smallest absolute Gasteiger partial charge is 0.306 e. The van der Waals surface area contributed by atoms with Crippen molar-refractivity contribution < 1.29 is 57.1 Å². The highest BCUT2D eigenvalue weighted by Gasteiger charge is 2.39. The van der Waals surface area contributed by atoms with Crippen LogP contribution < -0.4 is 4.89 Å². The van der Waals surface area contributed by atoms with Crippen LogP contribution in [-0.4, -0.2) is 98.2 Å². The lowest BCUT2D eigenvalue weighted by Gasteiger charge is -2.28. The number of nitrogens with zero attached hydrogens (tertiary/aromatic N) is 1. The molecule has 1 rings (SSSR count). The molecule has 0 saturated heterocycles. The number of esters is 2. The van der Waals surface area contributed by atoms with Crippen molar-refractivity contribution in [1.29, 1.82) is 0 Å². The molecule has 0 aromatic carbocycles. The molecule has 1 aliphatic rings. The third-order valence-corrected chi connectivity index (χ3v) is 10.7. The Balaban J connectivity index is 2.55. The second kappa shape index (κ2) is 34.3. The van der Waals surface area contributed by atoms with Crippen molar-refractivity contribution >= 4 is 25.5 Å². The first-order chi connectivity index (χ1) is 29.2. The van der Waals surface area contributed by atoms with E-state index >= 15 is 0 Å². The van der Waals surface area contributed by atoms with Gasteiger partial charge in [0, 0.05) is 31.1 Å². The first-order valence-electron chi connectivity index (χ1n) is 22.4. The van der Waals surface area contributed by atoms with Gasteiger partial charge in [-0.25, -0.2) is 0 Å². The van der Waals surface area contributed by atoms with Gasteiger partial charge in [0.1, 0.15) is 25.5 Å². The Hall–Kier alpha value is -3.22. The van der Waals surface area contributed by atoms with Crippen LogP contribution >= 0.6 is 7.82 Å². The number of likely N-dealkylation sites (N-methyl/N-ethyl adjacent to an activating group) is 1. The van der Waals surface area contributed by atoms with Crippen LogP contribution in [0.25, 0.3) is 0 Å².